The van der Waals surface area contributed by atoms with Crippen molar-refractivity contribution < 1.29 is 9.59 Å². The fraction of sp³-hybridized carbons (Fsp3) is 0.154. The molecule has 0 aliphatic carbocycles. The Bertz CT molecular complexity index is 1080. The molecule has 0 spiro atoms. The Morgan fingerprint density at radius 1 is 0.903 bits per heavy atom. The number of nitrogens with zero attached hydrogens (tertiary/aromatic N) is 2. The number of amides is 2. The molecule has 1 aliphatic rings. The maximum atomic E-state index is 13.1. The Morgan fingerprint density at radius 3 is 2.26 bits per heavy atom. The van der Waals surface area contributed by atoms with Crippen molar-refractivity contribution in [2.75, 3.05) is 5.01 Å². The number of benzene rings is 3. The highest BCUT2D eigenvalue weighted by atomic mass is 16.2. The molecule has 0 saturated carbocycles. The first-order chi connectivity index (χ1) is 15.1. The summed E-state index contributed by atoms with van der Waals surface area (Å²) in [6, 6.07) is 27.3. The van der Waals surface area contributed by atoms with E-state index in [1.165, 1.54) is 6.92 Å². The van der Waals surface area contributed by atoms with Gasteiger partial charge in [-0.25, -0.2) is 0 Å². The molecule has 2 amide bonds. The number of para-hydroxylation sites is 1. The maximum absolute atomic E-state index is 13.1. The summed E-state index contributed by atoms with van der Waals surface area (Å²) in [5.41, 5.74) is 7.04. The smallest absolute Gasteiger partial charge is 0.240 e. The van der Waals surface area contributed by atoms with Gasteiger partial charge in [0.05, 0.1) is 24.7 Å². The standard InChI is InChI=1S/C26H25N3O2/c1-20(30)28-17-16-22-12-8-9-15-24(22)25(28)18-26(31)27-29(23-13-6-3-7-14-23)19-21-10-4-2-5-11-21/h2-17,25H,18-19H2,1H3,(H,27,31). The predicted molar refractivity (Wildman–Crippen MR) is 123 cm³/mol. The van der Waals surface area contributed by atoms with Crippen molar-refractivity contribution in [3.63, 3.8) is 0 Å². The highest BCUT2D eigenvalue weighted by Crippen LogP contribution is 2.32. The zero-order valence-electron chi connectivity index (χ0n) is 17.4. The molecule has 0 aromatic heterocycles. The van der Waals surface area contributed by atoms with E-state index in [-0.39, 0.29) is 24.3 Å². The first-order valence-electron chi connectivity index (χ1n) is 10.3. The molecule has 0 saturated heterocycles. The van der Waals surface area contributed by atoms with Crippen molar-refractivity contribution in [2.45, 2.75) is 25.9 Å². The summed E-state index contributed by atoms with van der Waals surface area (Å²) in [4.78, 5) is 27.0. The van der Waals surface area contributed by atoms with Crippen molar-refractivity contribution in [2.24, 2.45) is 0 Å². The molecule has 0 fully saturated rings. The van der Waals surface area contributed by atoms with E-state index in [1.54, 1.807) is 11.1 Å². The summed E-state index contributed by atoms with van der Waals surface area (Å²) in [5.74, 6) is -0.242. The summed E-state index contributed by atoms with van der Waals surface area (Å²) in [6.07, 6.45) is 3.84. The number of hydrogen-bond acceptors (Lipinski definition) is 3. The lowest BCUT2D eigenvalue weighted by molar-refractivity contribution is -0.130. The summed E-state index contributed by atoms with van der Waals surface area (Å²) in [7, 11) is 0. The van der Waals surface area contributed by atoms with Gasteiger partial charge in [-0.15, -0.1) is 0 Å². The Labute approximate surface area is 182 Å². The normalized spacial score (nSPS) is 14.6. The molecule has 0 bridgehead atoms. The molecule has 0 radical (unpaired) electrons. The van der Waals surface area contributed by atoms with Crippen LogP contribution in [0.3, 0.4) is 0 Å². The van der Waals surface area contributed by atoms with E-state index in [4.69, 9.17) is 0 Å². The van der Waals surface area contributed by atoms with Crippen LogP contribution in [0.15, 0.2) is 91.1 Å². The van der Waals surface area contributed by atoms with Crippen LogP contribution in [0.25, 0.3) is 6.08 Å². The monoisotopic (exact) mass is 411 g/mol. The Balaban J connectivity index is 1.55. The lowest BCUT2D eigenvalue weighted by Crippen LogP contribution is -2.44. The van der Waals surface area contributed by atoms with Gasteiger partial charge in [0, 0.05) is 13.1 Å². The quantitative estimate of drug-likeness (QED) is 0.599. The molecule has 1 aliphatic heterocycles. The van der Waals surface area contributed by atoms with Crippen LogP contribution in [0.5, 0.6) is 0 Å². The lowest BCUT2D eigenvalue weighted by Gasteiger charge is -2.33. The van der Waals surface area contributed by atoms with Gasteiger partial charge < -0.3 is 4.90 Å². The second-order valence-corrected chi connectivity index (χ2v) is 7.53. The van der Waals surface area contributed by atoms with Gasteiger partial charge in [0.1, 0.15) is 0 Å². The molecule has 5 nitrogen and oxygen atoms in total. The third-order valence-corrected chi connectivity index (χ3v) is 5.36. The van der Waals surface area contributed by atoms with Crippen LogP contribution in [-0.4, -0.2) is 16.7 Å². The molecule has 31 heavy (non-hydrogen) atoms. The van der Waals surface area contributed by atoms with E-state index in [0.717, 1.165) is 22.4 Å². The number of carbonyl (C=O) groups is 2. The molecule has 1 heterocycles. The van der Waals surface area contributed by atoms with Crippen LogP contribution >= 0.6 is 0 Å². The number of hydrazine groups is 1. The Morgan fingerprint density at radius 2 is 1.55 bits per heavy atom. The third-order valence-electron chi connectivity index (χ3n) is 5.36. The SMILES string of the molecule is CC(=O)N1C=Cc2ccccc2C1CC(=O)NN(Cc1ccccc1)c1ccccc1. The molecule has 5 heteroatoms. The van der Waals surface area contributed by atoms with Gasteiger partial charge in [0.15, 0.2) is 0 Å². The Hall–Kier alpha value is -3.86. The fourth-order valence-electron chi connectivity index (χ4n) is 3.85. The second kappa shape index (κ2) is 9.30. The van der Waals surface area contributed by atoms with E-state index < -0.39 is 0 Å². The number of rotatable bonds is 6. The number of nitrogens with one attached hydrogen (secondary N) is 1. The highest BCUT2D eigenvalue weighted by Gasteiger charge is 2.28. The third kappa shape index (κ3) is 4.83. The van der Waals surface area contributed by atoms with Gasteiger partial charge in [0.25, 0.3) is 0 Å². The van der Waals surface area contributed by atoms with Crippen LogP contribution in [0.1, 0.15) is 36.1 Å². The average Bonchev–Trinajstić information content (AvgIpc) is 2.80. The van der Waals surface area contributed by atoms with Crippen LogP contribution in [0, 0.1) is 0 Å². The second-order valence-electron chi connectivity index (χ2n) is 7.53. The summed E-state index contributed by atoms with van der Waals surface area (Å²) >= 11 is 0. The molecule has 3 aromatic rings. The molecular formula is C26H25N3O2. The first-order valence-corrected chi connectivity index (χ1v) is 10.3. The number of fused-ring (bicyclic) bond motifs is 1. The van der Waals surface area contributed by atoms with Crippen LogP contribution < -0.4 is 10.4 Å². The van der Waals surface area contributed by atoms with Crippen molar-refractivity contribution in [1.82, 2.24) is 10.3 Å². The highest BCUT2D eigenvalue weighted by molar-refractivity contribution is 5.82. The van der Waals surface area contributed by atoms with E-state index in [0.29, 0.717) is 6.54 Å². The maximum Gasteiger partial charge on any atom is 0.240 e. The molecular weight excluding hydrogens is 386 g/mol. The number of carbonyl (C=O) groups excluding carboxylic acids is 2. The number of anilines is 1. The summed E-state index contributed by atoms with van der Waals surface area (Å²) in [6.45, 7) is 2.06. The molecule has 1 N–H and O–H groups in total. The van der Waals surface area contributed by atoms with Crippen LogP contribution in [-0.2, 0) is 16.1 Å². The van der Waals surface area contributed by atoms with Gasteiger partial charge in [0.2, 0.25) is 11.8 Å². The van der Waals surface area contributed by atoms with E-state index in [9.17, 15) is 9.59 Å². The molecule has 3 aromatic carbocycles. The van der Waals surface area contributed by atoms with Gasteiger partial charge in [-0.3, -0.25) is 20.0 Å². The van der Waals surface area contributed by atoms with Crippen molar-refractivity contribution >= 4 is 23.6 Å². The van der Waals surface area contributed by atoms with Gasteiger partial charge >= 0.3 is 0 Å². The average molecular weight is 412 g/mol. The van der Waals surface area contributed by atoms with Crippen LogP contribution in [0.4, 0.5) is 5.69 Å². The zero-order valence-corrected chi connectivity index (χ0v) is 17.4. The van der Waals surface area contributed by atoms with Gasteiger partial charge in [-0.2, -0.15) is 0 Å². The van der Waals surface area contributed by atoms with Crippen molar-refractivity contribution in [3.05, 3.63) is 108 Å². The largest absolute Gasteiger partial charge is 0.311 e. The van der Waals surface area contributed by atoms with E-state index >= 15 is 0 Å². The van der Waals surface area contributed by atoms with Gasteiger partial charge in [-0.1, -0.05) is 72.8 Å². The molecule has 1 unspecified atom stereocenters. The summed E-state index contributed by atoms with van der Waals surface area (Å²) < 4.78 is 0. The minimum absolute atomic E-state index is 0.0900. The molecule has 1 atom stereocenters. The minimum atomic E-state index is -0.340. The predicted octanol–water partition coefficient (Wildman–Crippen LogP) is 4.69. The van der Waals surface area contributed by atoms with Crippen molar-refractivity contribution in [3.8, 4) is 0 Å². The first kappa shape index (κ1) is 20.4. The van der Waals surface area contributed by atoms with E-state index in [1.807, 2.05) is 96.0 Å². The Kier molecular flexibility index (Phi) is 6.13. The topological polar surface area (TPSA) is 52.7 Å². The fourth-order valence-corrected chi connectivity index (χ4v) is 3.85. The molecule has 156 valence electrons. The van der Waals surface area contributed by atoms with Crippen molar-refractivity contribution in [1.29, 1.82) is 0 Å². The number of hydrogen-bond donors (Lipinski definition) is 1. The van der Waals surface area contributed by atoms with E-state index in [2.05, 4.69) is 5.43 Å². The van der Waals surface area contributed by atoms with Gasteiger partial charge in [-0.05, 0) is 34.9 Å². The minimum Gasteiger partial charge on any atom is -0.311 e. The summed E-state index contributed by atoms with van der Waals surface area (Å²) in [5, 5.41) is 1.85. The lowest BCUT2D eigenvalue weighted by atomic mass is 9.93. The molecule has 4 rings (SSSR count). The van der Waals surface area contributed by atoms with Crippen LogP contribution in [0.2, 0.25) is 0 Å². The zero-order chi connectivity index (χ0) is 21.6.